The van der Waals surface area contributed by atoms with Crippen LogP contribution in [0.1, 0.15) is 33.3 Å². The van der Waals surface area contributed by atoms with Crippen molar-refractivity contribution in [2.75, 3.05) is 12.0 Å². The minimum Gasteiger partial charge on any atom is -0.398 e. The van der Waals surface area contributed by atoms with E-state index in [0.29, 0.717) is 12.2 Å². The van der Waals surface area contributed by atoms with E-state index in [9.17, 15) is 13.2 Å². The van der Waals surface area contributed by atoms with Gasteiger partial charge in [-0.3, -0.25) is 4.79 Å². The molecule has 1 rings (SSSR count). The molecule has 0 aromatic heterocycles. The molecule has 0 heterocycles. The number of hydrogen-bond acceptors (Lipinski definition) is 4. The Kier molecular flexibility index (Phi) is 5.04. The van der Waals surface area contributed by atoms with E-state index >= 15 is 0 Å². The molecule has 21 heavy (non-hydrogen) atoms. The normalized spacial score (nSPS) is 12.5. The molecular formula is C15H24N2O3S. The lowest BCUT2D eigenvalue weighted by Crippen LogP contribution is -2.51. The van der Waals surface area contributed by atoms with E-state index in [-0.39, 0.29) is 6.04 Å². The first-order valence-corrected chi connectivity index (χ1v) is 8.71. The fourth-order valence-corrected chi connectivity index (χ4v) is 2.29. The molecule has 0 radical (unpaired) electrons. The molecule has 0 bridgehead atoms. The molecule has 1 aromatic rings. The summed E-state index contributed by atoms with van der Waals surface area (Å²) >= 11 is 0. The standard InChI is InChI=1S/C15H24N2O3S/c1-11(2)17(10-12-8-6-7-9-13(12)16)14(18)15(3,4)21(5,19)20/h6-9,11H,10,16H2,1-5H3. The van der Waals surface area contributed by atoms with Crippen LogP contribution in [0.5, 0.6) is 0 Å². The highest BCUT2D eigenvalue weighted by Crippen LogP contribution is 2.23. The molecule has 0 spiro atoms. The Bertz CT molecular complexity index is 622. The number of anilines is 1. The third kappa shape index (κ3) is 3.75. The summed E-state index contributed by atoms with van der Waals surface area (Å²) in [7, 11) is -3.50. The second-order valence-electron chi connectivity index (χ2n) is 6.01. The number of rotatable bonds is 5. The topological polar surface area (TPSA) is 80.5 Å². The molecule has 1 aromatic carbocycles. The third-order valence-corrected chi connectivity index (χ3v) is 5.75. The van der Waals surface area contributed by atoms with Crippen LogP contribution < -0.4 is 5.73 Å². The number of nitrogen functional groups attached to an aromatic ring is 1. The highest BCUT2D eigenvalue weighted by atomic mass is 32.2. The minimum absolute atomic E-state index is 0.127. The van der Waals surface area contributed by atoms with Crippen molar-refractivity contribution in [3.63, 3.8) is 0 Å². The zero-order chi connectivity index (χ0) is 16.4. The smallest absolute Gasteiger partial charge is 0.243 e. The zero-order valence-electron chi connectivity index (χ0n) is 13.3. The van der Waals surface area contributed by atoms with Gasteiger partial charge in [-0.1, -0.05) is 18.2 Å². The SMILES string of the molecule is CC(C)N(Cc1ccccc1N)C(=O)C(C)(C)S(C)(=O)=O. The van der Waals surface area contributed by atoms with Crippen LogP contribution in [0.2, 0.25) is 0 Å². The maximum absolute atomic E-state index is 12.7. The van der Waals surface area contributed by atoms with Crippen LogP contribution in [0, 0.1) is 0 Å². The Morgan fingerprint density at radius 1 is 1.29 bits per heavy atom. The summed E-state index contributed by atoms with van der Waals surface area (Å²) in [6.45, 7) is 6.88. The summed E-state index contributed by atoms with van der Waals surface area (Å²) in [5.74, 6) is -0.414. The van der Waals surface area contributed by atoms with E-state index in [1.54, 1.807) is 11.0 Å². The van der Waals surface area contributed by atoms with E-state index in [1.165, 1.54) is 13.8 Å². The lowest BCUT2D eigenvalue weighted by molar-refractivity contribution is -0.135. The van der Waals surface area contributed by atoms with Gasteiger partial charge in [0.1, 0.15) is 4.75 Å². The van der Waals surface area contributed by atoms with Crippen molar-refractivity contribution in [3.05, 3.63) is 29.8 Å². The quantitative estimate of drug-likeness (QED) is 0.841. The molecule has 0 fully saturated rings. The fourth-order valence-electron chi connectivity index (χ4n) is 1.86. The van der Waals surface area contributed by atoms with Gasteiger partial charge >= 0.3 is 0 Å². The Labute approximate surface area is 127 Å². The highest BCUT2D eigenvalue weighted by Gasteiger charge is 2.42. The van der Waals surface area contributed by atoms with Gasteiger partial charge in [0.2, 0.25) is 5.91 Å². The fraction of sp³-hybridized carbons (Fsp3) is 0.533. The maximum Gasteiger partial charge on any atom is 0.243 e. The monoisotopic (exact) mass is 312 g/mol. The van der Waals surface area contributed by atoms with Crippen LogP contribution >= 0.6 is 0 Å². The first-order chi connectivity index (χ1) is 9.48. The van der Waals surface area contributed by atoms with Gasteiger partial charge < -0.3 is 10.6 Å². The van der Waals surface area contributed by atoms with Gasteiger partial charge in [0.15, 0.2) is 9.84 Å². The van der Waals surface area contributed by atoms with Crippen LogP contribution in [-0.4, -0.2) is 36.3 Å². The van der Waals surface area contributed by atoms with Gasteiger partial charge in [-0.25, -0.2) is 8.42 Å². The number of para-hydroxylation sites is 1. The number of amides is 1. The molecule has 2 N–H and O–H groups in total. The molecule has 0 aliphatic heterocycles. The molecule has 0 atom stereocenters. The zero-order valence-corrected chi connectivity index (χ0v) is 14.1. The Morgan fingerprint density at radius 2 is 1.81 bits per heavy atom. The van der Waals surface area contributed by atoms with Crippen LogP contribution in [0.15, 0.2) is 24.3 Å². The predicted molar refractivity (Wildman–Crippen MR) is 85.5 cm³/mol. The Balaban J connectivity index is 3.15. The second-order valence-corrected chi connectivity index (χ2v) is 8.57. The van der Waals surface area contributed by atoms with Gasteiger partial charge in [-0.05, 0) is 39.3 Å². The van der Waals surface area contributed by atoms with Crippen molar-refractivity contribution in [2.24, 2.45) is 0 Å². The van der Waals surface area contributed by atoms with Crippen molar-refractivity contribution < 1.29 is 13.2 Å². The van der Waals surface area contributed by atoms with E-state index in [2.05, 4.69) is 0 Å². The average Bonchev–Trinajstić information content (AvgIpc) is 2.35. The van der Waals surface area contributed by atoms with E-state index in [4.69, 9.17) is 5.73 Å². The molecule has 1 amide bonds. The van der Waals surface area contributed by atoms with Gasteiger partial charge in [-0.2, -0.15) is 0 Å². The first-order valence-electron chi connectivity index (χ1n) is 6.82. The number of benzene rings is 1. The number of carbonyl (C=O) groups excluding carboxylic acids is 1. The molecule has 118 valence electrons. The highest BCUT2D eigenvalue weighted by molar-refractivity contribution is 7.92. The van der Waals surface area contributed by atoms with Crippen LogP contribution in [0.25, 0.3) is 0 Å². The second kappa shape index (κ2) is 6.05. The van der Waals surface area contributed by atoms with Crippen molar-refractivity contribution in [3.8, 4) is 0 Å². The molecule has 6 heteroatoms. The number of nitrogens with zero attached hydrogens (tertiary/aromatic N) is 1. The summed E-state index contributed by atoms with van der Waals surface area (Å²) in [5.41, 5.74) is 7.31. The molecule has 5 nitrogen and oxygen atoms in total. The summed E-state index contributed by atoms with van der Waals surface area (Å²) < 4.78 is 22.3. The third-order valence-electron chi connectivity index (χ3n) is 3.72. The van der Waals surface area contributed by atoms with Crippen molar-refractivity contribution >= 4 is 21.4 Å². The van der Waals surface area contributed by atoms with Crippen molar-refractivity contribution in [1.29, 1.82) is 0 Å². The lowest BCUT2D eigenvalue weighted by Gasteiger charge is -2.34. The van der Waals surface area contributed by atoms with Crippen LogP contribution in [0.3, 0.4) is 0 Å². The first kappa shape index (κ1) is 17.5. The minimum atomic E-state index is -3.50. The number of sulfone groups is 1. The lowest BCUT2D eigenvalue weighted by atomic mass is 10.1. The summed E-state index contributed by atoms with van der Waals surface area (Å²) in [5, 5.41) is 0. The molecule has 0 aliphatic carbocycles. The van der Waals surface area contributed by atoms with Crippen LogP contribution in [0.4, 0.5) is 5.69 Å². The molecule has 0 unspecified atom stereocenters. The molecular weight excluding hydrogens is 288 g/mol. The number of hydrogen-bond donors (Lipinski definition) is 1. The van der Waals surface area contributed by atoms with Crippen molar-refractivity contribution in [2.45, 2.75) is 45.0 Å². The maximum atomic E-state index is 12.7. The van der Waals surface area contributed by atoms with Crippen LogP contribution in [-0.2, 0) is 21.2 Å². The van der Waals surface area contributed by atoms with E-state index in [1.807, 2.05) is 32.0 Å². The van der Waals surface area contributed by atoms with E-state index < -0.39 is 20.5 Å². The number of carbonyl (C=O) groups is 1. The summed E-state index contributed by atoms with van der Waals surface area (Å²) in [6.07, 6.45) is 1.08. The molecule has 0 saturated heterocycles. The summed E-state index contributed by atoms with van der Waals surface area (Å²) in [6, 6.07) is 7.14. The largest absolute Gasteiger partial charge is 0.398 e. The Hall–Kier alpha value is -1.56. The van der Waals surface area contributed by atoms with E-state index in [0.717, 1.165) is 11.8 Å². The van der Waals surface area contributed by atoms with Gasteiger partial charge in [-0.15, -0.1) is 0 Å². The van der Waals surface area contributed by atoms with Gasteiger partial charge in [0.05, 0.1) is 0 Å². The van der Waals surface area contributed by atoms with Gasteiger partial charge in [0, 0.05) is 24.5 Å². The van der Waals surface area contributed by atoms with Crippen molar-refractivity contribution in [1.82, 2.24) is 4.90 Å². The average molecular weight is 312 g/mol. The van der Waals surface area contributed by atoms with Gasteiger partial charge in [0.25, 0.3) is 0 Å². The molecule has 0 saturated carbocycles. The Morgan fingerprint density at radius 3 is 2.24 bits per heavy atom. The summed E-state index contributed by atoms with van der Waals surface area (Å²) in [4.78, 5) is 14.2. The number of nitrogens with two attached hydrogens (primary N) is 1. The molecule has 0 aliphatic rings. The predicted octanol–water partition coefficient (Wildman–Crippen LogP) is 1.83.